The summed E-state index contributed by atoms with van der Waals surface area (Å²) < 4.78 is 3.18. The number of hydrogen-bond donors (Lipinski definition) is 2. The van der Waals surface area contributed by atoms with Crippen molar-refractivity contribution in [1.82, 2.24) is 14.5 Å². The van der Waals surface area contributed by atoms with Crippen molar-refractivity contribution in [3.05, 3.63) is 94.5 Å². The van der Waals surface area contributed by atoms with Gasteiger partial charge in [0, 0.05) is 16.4 Å². The maximum atomic E-state index is 8.64. The van der Waals surface area contributed by atoms with Gasteiger partial charge in [-0.25, -0.2) is 4.98 Å². The highest BCUT2D eigenvalue weighted by atomic mass is 79.9. The minimum absolute atomic E-state index is 0.397. The molecule has 0 fully saturated rings. The minimum Gasteiger partial charge on any atom is -0.352 e. The van der Waals surface area contributed by atoms with Gasteiger partial charge in [0.1, 0.15) is 0 Å². The summed E-state index contributed by atoms with van der Waals surface area (Å²) in [4.78, 5) is 9.20. The number of aromatic nitrogens is 3. The SMILES string of the molecule is Cc1ncccc1Nc1cc2nc3ccccc3n(-c3ccc(Br)cc3)c-2cc1=N. The summed E-state index contributed by atoms with van der Waals surface area (Å²) in [6.07, 6.45) is 1.76. The molecule has 0 bridgehead atoms. The number of para-hydroxylation sites is 2. The smallest absolute Gasteiger partial charge is 0.0900 e. The first kappa shape index (κ1) is 18.5. The van der Waals surface area contributed by atoms with Gasteiger partial charge in [-0.3, -0.25) is 10.4 Å². The number of pyridine rings is 1. The van der Waals surface area contributed by atoms with Gasteiger partial charge in [0.15, 0.2) is 0 Å². The third-order valence-electron chi connectivity index (χ3n) is 5.08. The van der Waals surface area contributed by atoms with E-state index in [1.807, 2.05) is 61.5 Å². The van der Waals surface area contributed by atoms with Gasteiger partial charge in [0.2, 0.25) is 0 Å². The van der Waals surface area contributed by atoms with Gasteiger partial charge >= 0.3 is 0 Å². The quantitative estimate of drug-likeness (QED) is 0.336. The van der Waals surface area contributed by atoms with Gasteiger partial charge in [-0.05, 0) is 67.6 Å². The van der Waals surface area contributed by atoms with Crippen LogP contribution in [0.1, 0.15) is 5.69 Å². The molecular weight excluding hydrogens is 438 g/mol. The highest BCUT2D eigenvalue weighted by molar-refractivity contribution is 9.10. The molecule has 1 aliphatic carbocycles. The van der Waals surface area contributed by atoms with Gasteiger partial charge < -0.3 is 9.88 Å². The number of nitrogens with zero attached hydrogens (tertiary/aromatic N) is 3. The zero-order chi connectivity index (χ0) is 20.7. The van der Waals surface area contributed by atoms with E-state index < -0.39 is 0 Å². The van der Waals surface area contributed by atoms with Crippen LogP contribution >= 0.6 is 15.9 Å². The van der Waals surface area contributed by atoms with Crippen LogP contribution in [0.5, 0.6) is 0 Å². The summed E-state index contributed by atoms with van der Waals surface area (Å²) in [5.74, 6) is 0. The fourth-order valence-corrected chi connectivity index (χ4v) is 3.85. The van der Waals surface area contributed by atoms with Gasteiger partial charge in [-0.1, -0.05) is 28.1 Å². The Morgan fingerprint density at radius 2 is 1.73 bits per heavy atom. The van der Waals surface area contributed by atoms with Crippen LogP contribution in [-0.4, -0.2) is 14.5 Å². The van der Waals surface area contributed by atoms with Gasteiger partial charge in [0.05, 0.1) is 44.8 Å². The second-order valence-electron chi connectivity index (χ2n) is 7.06. The second kappa shape index (κ2) is 7.39. The van der Waals surface area contributed by atoms with E-state index >= 15 is 0 Å². The summed E-state index contributed by atoms with van der Waals surface area (Å²) in [6, 6.07) is 23.9. The van der Waals surface area contributed by atoms with Crippen LogP contribution < -0.4 is 10.7 Å². The normalized spacial score (nSPS) is 11.1. The van der Waals surface area contributed by atoms with Crippen LogP contribution in [0.4, 0.5) is 11.4 Å². The Labute approximate surface area is 182 Å². The highest BCUT2D eigenvalue weighted by Gasteiger charge is 2.16. The van der Waals surface area contributed by atoms with Gasteiger partial charge in [0.25, 0.3) is 0 Å². The lowest BCUT2D eigenvalue weighted by Crippen LogP contribution is -2.14. The Morgan fingerprint density at radius 3 is 2.53 bits per heavy atom. The molecule has 6 heteroatoms. The molecule has 0 unspecified atom stereocenters. The lowest BCUT2D eigenvalue weighted by Gasteiger charge is -2.20. The minimum atomic E-state index is 0.397. The first-order valence-corrected chi connectivity index (χ1v) is 10.3. The molecule has 2 aliphatic rings. The van der Waals surface area contributed by atoms with E-state index in [0.29, 0.717) is 11.0 Å². The number of rotatable bonds is 3. The first-order chi connectivity index (χ1) is 14.6. The highest BCUT2D eigenvalue weighted by Crippen LogP contribution is 2.30. The summed E-state index contributed by atoms with van der Waals surface area (Å²) in [5.41, 5.74) is 7.07. The number of benzene rings is 3. The Balaban J connectivity index is 1.76. The van der Waals surface area contributed by atoms with E-state index in [1.54, 1.807) is 6.20 Å². The number of anilines is 2. The van der Waals surface area contributed by atoms with E-state index in [2.05, 4.69) is 49.0 Å². The van der Waals surface area contributed by atoms with Crippen LogP contribution in [0.2, 0.25) is 0 Å². The Morgan fingerprint density at radius 1 is 0.933 bits per heavy atom. The van der Waals surface area contributed by atoms with E-state index in [0.717, 1.165) is 44.0 Å². The molecule has 0 atom stereocenters. The van der Waals surface area contributed by atoms with Crippen molar-refractivity contribution < 1.29 is 0 Å². The predicted molar refractivity (Wildman–Crippen MR) is 124 cm³/mol. The van der Waals surface area contributed by atoms with Crippen molar-refractivity contribution in [1.29, 1.82) is 5.41 Å². The fraction of sp³-hybridized carbons (Fsp3) is 0.0417. The number of nitrogens with one attached hydrogen (secondary N) is 2. The third kappa shape index (κ3) is 3.25. The zero-order valence-electron chi connectivity index (χ0n) is 16.2. The fourth-order valence-electron chi connectivity index (χ4n) is 3.59. The van der Waals surface area contributed by atoms with E-state index in [9.17, 15) is 0 Å². The second-order valence-corrected chi connectivity index (χ2v) is 7.98. The van der Waals surface area contributed by atoms with Crippen molar-refractivity contribution >= 4 is 38.3 Å². The zero-order valence-corrected chi connectivity index (χ0v) is 17.8. The summed E-state index contributed by atoms with van der Waals surface area (Å²) in [6.45, 7) is 1.94. The molecule has 5 rings (SSSR count). The average Bonchev–Trinajstić information content (AvgIpc) is 2.75. The molecule has 1 aliphatic heterocycles. The molecule has 1 aromatic heterocycles. The molecule has 0 saturated heterocycles. The van der Waals surface area contributed by atoms with Crippen molar-refractivity contribution in [3.8, 4) is 17.1 Å². The maximum Gasteiger partial charge on any atom is 0.0900 e. The Hall–Kier alpha value is -3.51. The topological polar surface area (TPSA) is 66.6 Å². The van der Waals surface area contributed by atoms with Crippen LogP contribution in [0.15, 0.2) is 83.5 Å². The van der Waals surface area contributed by atoms with Crippen molar-refractivity contribution in [2.75, 3.05) is 5.32 Å². The predicted octanol–water partition coefficient (Wildman–Crippen LogP) is 5.82. The average molecular weight is 456 g/mol. The molecule has 0 radical (unpaired) electrons. The molecule has 30 heavy (non-hydrogen) atoms. The number of aryl methyl sites for hydroxylation is 1. The van der Waals surface area contributed by atoms with Crippen LogP contribution in [0, 0.1) is 12.3 Å². The van der Waals surface area contributed by atoms with E-state index in [-0.39, 0.29) is 0 Å². The lowest BCUT2D eigenvalue weighted by atomic mass is 10.1. The van der Waals surface area contributed by atoms with Crippen molar-refractivity contribution in [2.24, 2.45) is 0 Å². The van der Waals surface area contributed by atoms with Crippen molar-refractivity contribution in [3.63, 3.8) is 0 Å². The van der Waals surface area contributed by atoms with Crippen LogP contribution in [0.3, 0.4) is 0 Å². The largest absolute Gasteiger partial charge is 0.352 e. The summed E-state index contributed by atoms with van der Waals surface area (Å²) >= 11 is 3.51. The van der Waals surface area contributed by atoms with Crippen molar-refractivity contribution in [2.45, 2.75) is 6.92 Å². The molecule has 2 heterocycles. The number of halogens is 1. The third-order valence-corrected chi connectivity index (χ3v) is 5.61. The molecule has 5 nitrogen and oxygen atoms in total. The number of fused-ring (bicyclic) bond motifs is 2. The molecule has 2 N–H and O–H groups in total. The van der Waals surface area contributed by atoms with Crippen LogP contribution in [-0.2, 0) is 0 Å². The standard InChI is InChI=1S/C24H18BrN5/c1-15-19(6-4-12-27-15)28-21-14-22-24(13-18(21)26)30(17-10-8-16(25)9-11-17)23-7-3-2-5-20(23)29-22/h2-14,26,28H,1H3. The van der Waals surface area contributed by atoms with Crippen LogP contribution in [0.25, 0.3) is 28.1 Å². The molecular formula is C24H18BrN5. The van der Waals surface area contributed by atoms with Gasteiger partial charge in [-0.2, -0.15) is 0 Å². The van der Waals surface area contributed by atoms with Gasteiger partial charge in [-0.15, -0.1) is 0 Å². The van der Waals surface area contributed by atoms with E-state index in [4.69, 9.17) is 10.4 Å². The molecule has 0 spiro atoms. The summed E-state index contributed by atoms with van der Waals surface area (Å²) in [7, 11) is 0. The lowest BCUT2D eigenvalue weighted by molar-refractivity contribution is 1.07. The summed E-state index contributed by atoms with van der Waals surface area (Å²) in [5, 5.41) is 12.4. The Bertz CT molecular complexity index is 1410. The van der Waals surface area contributed by atoms with E-state index in [1.165, 1.54) is 0 Å². The first-order valence-electron chi connectivity index (χ1n) is 9.55. The molecule has 0 saturated carbocycles. The Kier molecular flexibility index (Phi) is 4.56. The number of hydrogen-bond acceptors (Lipinski definition) is 4. The molecule has 3 aromatic rings. The maximum absolute atomic E-state index is 8.64. The monoisotopic (exact) mass is 455 g/mol. The molecule has 0 amide bonds. The molecule has 2 aromatic carbocycles. The molecule has 146 valence electrons.